The second kappa shape index (κ2) is 7.88. The highest BCUT2D eigenvalue weighted by Gasteiger charge is 2.12. The van der Waals surface area contributed by atoms with Gasteiger partial charge in [0.1, 0.15) is 6.33 Å². The molecule has 4 nitrogen and oxygen atoms in total. The Balaban J connectivity index is 2.36. The summed E-state index contributed by atoms with van der Waals surface area (Å²) in [5.74, 6) is 2.03. The summed E-state index contributed by atoms with van der Waals surface area (Å²) in [6, 6.07) is 8.43. The van der Waals surface area contributed by atoms with Gasteiger partial charge < -0.3 is 5.01 Å². The van der Waals surface area contributed by atoms with Crippen molar-refractivity contribution in [1.82, 2.24) is 14.6 Å². The Morgan fingerprint density at radius 3 is 2.81 bits per heavy atom. The topological polar surface area (TPSA) is 33.4 Å². The second-order valence-electron chi connectivity index (χ2n) is 4.94. The summed E-state index contributed by atoms with van der Waals surface area (Å²) in [5, 5.41) is 6.46. The molecule has 0 radical (unpaired) electrons. The summed E-state index contributed by atoms with van der Waals surface area (Å²) in [6.07, 6.45) is 7.93. The van der Waals surface area contributed by atoms with Crippen LogP contribution < -0.4 is 0 Å². The average molecular weight is 302 g/mol. The maximum Gasteiger partial charge on any atom is 0.166 e. The number of hydrogen-bond donors (Lipinski definition) is 0. The van der Waals surface area contributed by atoms with Gasteiger partial charge in [0.15, 0.2) is 5.84 Å². The lowest BCUT2D eigenvalue weighted by atomic mass is 10.2. The molecule has 21 heavy (non-hydrogen) atoms. The van der Waals surface area contributed by atoms with Gasteiger partial charge in [0.2, 0.25) is 0 Å². The minimum Gasteiger partial charge on any atom is -0.301 e. The van der Waals surface area contributed by atoms with Crippen LogP contribution >= 0.6 is 11.8 Å². The maximum absolute atomic E-state index is 4.64. The quantitative estimate of drug-likeness (QED) is 0.269. The number of hydrogen-bond acceptors (Lipinski definition) is 4. The molecule has 1 heterocycles. The predicted octanol–water partition coefficient (Wildman–Crippen LogP) is 3.55. The molecule has 0 spiro atoms. The first-order chi connectivity index (χ1) is 10.2. The van der Waals surface area contributed by atoms with E-state index < -0.39 is 0 Å². The minimum atomic E-state index is 0.900. The first-order valence-electron chi connectivity index (χ1n) is 7.19. The van der Waals surface area contributed by atoms with Crippen LogP contribution in [0.1, 0.15) is 25.3 Å². The van der Waals surface area contributed by atoms with Crippen LogP contribution in [-0.2, 0) is 0 Å². The van der Waals surface area contributed by atoms with E-state index in [1.54, 1.807) is 12.5 Å². The van der Waals surface area contributed by atoms with Crippen molar-refractivity contribution in [2.75, 3.05) is 19.8 Å². The van der Waals surface area contributed by atoms with Gasteiger partial charge in [0, 0.05) is 36.9 Å². The molecular formula is C16H22N4S. The van der Waals surface area contributed by atoms with Crippen LogP contribution in [0.3, 0.4) is 0 Å². The summed E-state index contributed by atoms with van der Waals surface area (Å²) >= 11 is 1.89. The van der Waals surface area contributed by atoms with E-state index in [0.717, 1.165) is 17.2 Å². The lowest BCUT2D eigenvalue weighted by molar-refractivity contribution is 0.435. The summed E-state index contributed by atoms with van der Waals surface area (Å²) in [4.78, 5) is 5.40. The average Bonchev–Trinajstić information content (AvgIpc) is 2.99. The molecule has 1 aromatic heterocycles. The number of benzene rings is 1. The predicted molar refractivity (Wildman–Crippen MR) is 89.9 cm³/mol. The van der Waals surface area contributed by atoms with Gasteiger partial charge in [-0.15, -0.1) is 11.8 Å². The highest BCUT2D eigenvalue weighted by Crippen LogP contribution is 2.25. The van der Waals surface area contributed by atoms with Gasteiger partial charge >= 0.3 is 0 Å². The van der Waals surface area contributed by atoms with Gasteiger partial charge in [0.25, 0.3) is 0 Å². The molecule has 0 fully saturated rings. The van der Waals surface area contributed by atoms with Gasteiger partial charge in [-0.1, -0.05) is 31.5 Å². The fourth-order valence-corrected chi connectivity index (χ4v) is 3.06. The molecule has 0 saturated carbocycles. The third-order valence-corrected chi connectivity index (χ3v) is 4.09. The highest BCUT2D eigenvalue weighted by atomic mass is 32.2. The number of nitrogens with zero attached hydrogens (tertiary/aromatic N) is 4. The van der Waals surface area contributed by atoms with Crippen molar-refractivity contribution in [3.63, 3.8) is 0 Å². The molecule has 0 bridgehead atoms. The van der Waals surface area contributed by atoms with Crippen molar-refractivity contribution in [3.8, 4) is 0 Å². The van der Waals surface area contributed by atoms with E-state index in [9.17, 15) is 0 Å². The molecule has 112 valence electrons. The van der Waals surface area contributed by atoms with Crippen molar-refractivity contribution in [3.05, 3.63) is 48.5 Å². The van der Waals surface area contributed by atoms with E-state index >= 15 is 0 Å². The zero-order valence-corrected chi connectivity index (χ0v) is 13.7. The van der Waals surface area contributed by atoms with Crippen molar-refractivity contribution < 1.29 is 0 Å². The Morgan fingerprint density at radius 1 is 1.33 bits per heavy atom. The van der Waals surface area contributed by atoms with Crippen molar-refractivity contribution in [2.24, 2.45) is 5.10 Å². The van der Waals surface area contributed by atoms with Gasteiger partial charge in [-0.05, 0) is 18.2 Å². The molecule has 5 heteroatoms. The highest BCUT2D eigenvalue weighted by molar-refractivity contribution is 7.99. The number of aromatic nitrogens is 2. The number of unbranched alkanes of at least 4 members (excludes halogenated alkanes) is 1. The number of hydrazone groups is 1. The van der Waals surface area contributed by atoms with E-state index in [0.29, 0.717) is 0 Å². The first-order valence-corrected chi connectivity index (χ1v) is 8.17. The Labute approximate surface area is 130 Å². The molecule has 0 saturated heterocycles. The fourth-order valence-electron chi connectivity index (χ4n) is 1.92. The monoisotopic (exact) mass is 302 g/mol. The lowest BCUT2D eigenvalue weighted by Gasteiger charge is -2.15. The second-order valence-corrected chi connectivity index (χ2v) is 6.08. The normalized spacial score (nSPS) is 11.7. The molecule has 1 aromatic carbocycles. The molecule has 0 N–H and O–H groups in total. The molecular weight excluding hydrogens is 280 g/mol. The number of rotatable bonds is 6. The van der Waals surface area contributed by atoms with Crippen LogP contribution in [-0.4, -0.2) is 40.2 Å². The van der Waals surface area contributed by atoms with E-state index in [-0.39, 0.29) is 0 Å². The van der Waals surface area contributed by atoms with Crippen LogP contribution in [0.15, 0.2) is 53.0 Å². The molecule has 2 aromatic rings. The minimum absolute atomic E-state index is 0.900. The number of thioether (sulfide) groups is 1. The largest absolute Gasteiger partial charge is 0.301 e. The third-order valence-electron chi connectivity index (χ3n) is 2.93. The smallest absolute Gasteiger partial charge is 0.166 e. The zero-order valence-electron chi connectivity index (χ0n) is 12.9. The Morgan fingerprint density at radius 2 is 2.14 bits per heavy atom. The zero-order chi connectivity index (χ0) is 15.1. The van der Waals surface area contributed by atoms with Crippen molar-refractivity contribution in [2.45, 2.75) is 24.7 Å². The SMILES string of the molecule is CCCCSc1ccccc1/C(=N\N(C)C)n1ccnc1. The molecule has 0 aliphatic carbocycles. The lowest BCUT2D eigenvalue weighted by Crippen LogP contribution is -2.18. The Bertz CT molecular complexity index is 576. The van der Waals surface area contributed by atoms with E-state index in [1.807, 2.05) is 41.6 Å². The Hall–Kier alpha value is -1.75. The molecule has 0 amide bonds. The molecule has 0 unspecified atom stereocenters. The standard InChI is InChI=1S/C16H22N4S/c1-4-5-12-21-15-9-7-6-8-14(15)16(18-19(2)3)20-11-10-17-13-20/h6-11,13H,4-5,12H2,1-3H3/b18-16+. The maximum atomic E-state index is 4.64. The molecule has 0 aliphatic rings. The van der Waals surface area contributed by atoms with Crippen LogP contribution in [0.5, 0.6) is 0 Å². The van der Waals surface area contributed by atoms with Gasteiger partial charge in [0.05, 0.1) is 0 Å². The third kappa shape index (κ3) is 4.36. The van der Waals surface area contributed by atoms with Crippen LogP contribution in [0, 0.1) is 0 Å². The first kappa shape index (κ1) is 15.6. The summed E-state index contributed by atoms with van der Waals surface area (Å²) in [6.45, 7) is 2.22. The number of imidazole rings is 1. The van der Waals surface area contributed by atoms with Crippen LogP contribution in [0.25, 0.3) is 0 Å². The van der Waals surface area contributed by atoms with Crippen LogP contribution in [0.2, 0.25) is 0 Å². The van der Waals surface area contributed by atoms with E-state index in [2.05, 4.69) is 41.3 Å². The van der Waals surface area contributed by atoms with E-state index in [4.69, 9.17) is 0 Å². The Kier molecular flexibility index (Phi) is 5.87. The fraction of sp³-hybridized carbons (Fsp3) is 0.375. The van der Waals surface area contributed by atoms with Crippen molar-refractivity contribution >= 4 is 17.6 Å². The molecule has 2 rings (SSSR count). The summed E-state index contributed by atoms with van der Waals surface area (Å²) in [5.41, 5.74) is 1.14. The van der Waals surface area contributed by atoms with Gasteiger partial charge in [-0.3, -0.25) is 4.57 Å². The van der Waals surface area contributed by atoms with Crippen LogP contribution in [0.4, 0.5) is 0 Å². The van der Waals surface area contributed by atoms with Gasteiger partial charge in [-0.25, -0.2) is 4.98 Å². The van der Waals surface area contributed by atoms with Crippen molar-refractivity contribution in [1.29, 1.82) is 0 Å². The molecule has 0 atom stereocenters. The van der Waals surface area contributed by atoms with Gasteiger partial charge in [-0.2, -0.15) is 5.10 Å². The molecule has 0 aliphatic heterocycles. The van der Waals surface area contributed by atoms with E-state index in [1.165, 1.54) is 17.7 Å². The summed E-state index contributed by atoms with van der Waals surface area (Å²) < 4.78 is 1.96. The summed E-state index contributed by atoms with van der Waals surface area (Å²) in [7, 11) is 3.87.